The summed E-state index contributed by atoms with van der Waals surface area (Å²) in [5.41, 5.74) is 0. The Morgan fingerprint density at radius 3 is 1.50 bits per heavy atom. The smallest absolute Gasteiger partial charge is 0.326 e. The number of carbonyl (C=O) groups is 2. The van der Waals surface area contributed by atoms with Crippen LogP contribution in [0.15, 0.2) is 12.2 Å². The number of rotatable bonds is 25. The van der Waals surface area contributed by atoms with Crippen molar-refractivity contribution in [2.24, 2.45) is 5.92 Å². The van der Waals surface area contributed by atoms with Crippen LogP contribution in [0.3, 0.4) is 0 Å². The lowest BCUT2D eigenvalue weighted by Gasteiger charge is -2.20. The molecule has 0 aliphatic rings. The number of amides is 1. The van der Waals surface area contributed by atoms with Gasteiger partial charge in [-0.15, -0.1) is 0 Å². The predicted molar refractivity (Wildman–Crippen MR) is 146 cm³/mol. The molecule has 34 heavy (non-hydrogen) atoms. The van der Waals surface area contributed by atoms with Crippen molar-refractivity contribution in [2.75, 3.05) is 0 Å². The zero-order valence-corrected chi connectivity index (χ0v) is 22.9. The lowest BCUT2D eigenvalue weighted by molar-refractivity contribution is -0.143. The molecule has 4 heteroatoms. The molecular formula is C30H57NO3. The highest BCUT2D eigenvalue weighted by Crippen LogP contribution is 2.14. The van der Waals surface area contributed by atoms with Gasteiger partial charge in [-0.2, -0.15) is 0 Å². The third-order valence-electron chi connectivity index (χ3n) is 6.96. The van der Waals surface area contributed by atoms with Gasteiger partial charge in [-0.1, -0.05) is 129 Å². The van der Waals surface area contributed by atoms with E-state index in [1.54, 1.807) is 0 Å². The van der Waals surface area contributed by atoms with Gasteiger partial charge in [0, 0.05) is 6.42 Å². The van der Waals surface area contributed by atoms with Crippen molar-refractivity contribution in [3.8, 4) is 0 Å². The molecule has 2 atom stereocenters. The highest BCUT2D eigenvalue weighted by molar-refractivity contribution is 5.83. The fourth-order valence-corrected chi connectivity index (χ4v) is 4.35. The summed E-state index contributed by atoms with van der Waals surface area (Å²) in [5.74, 6) is -1.10. The Morgan fingerprint density at radius 1 is 0.676 bits per heavy atom. The first-order valence-corrected chi connectivity index (χ1v) is 14.7. The molecule has 0 aromatic heterocycles. The van der Waals surface area contributed by atoms with Crippen LogP contribution in [-0.4, -0.2) is 23.0 Å². The second-order valence-corrected chi connectivity index (χ2v) is 10.2. The van der Waals surface area contributed by atoms with Crippen molar-refractivity contribution in [3.63, 3.8) is 0 Å². The molecule has 0 heterocycles. The maximum atomic E-state index is 12.0. The van der Waals surface area contributed by atoms with E-state index in [9.17, 15) is 14.7 Å². The first kappa shape index (κ1) is 32.7. The van der Waals surface area contributed by atoms with Crippen LogP contribution in [0.25, 0.3) is 0 Å². The van der Waals surface area contributed by atoms with Gasteiger partial charge in [-0.05, 0) is 38.0 Å². The van der Waals surface area contributed by atoms with Crippen molar-refractivity contribution < 1.29 is 14.7 Å². The Kier molecular flexibility index (Phi) is 23.8. The van der Waals surface area contributed by atoms with E-state index >= 15 is 0 Å². The van der Waals surface area contributed by atoms with Crippen molar-refractivity contribution in [1.82, 2.24) is 5.32 Å². The van der Waals surface area contributed by atoms with Crippen LogP contribution in [0.2, 0.25) is 0 Å². The van der Waals surface area contributed by atoms with E-state index in [1.807, 2.05) is 13.8 Å². The number of carboxylic acids is 1. The van der Waals surface area contributed by atoms with Crippen LogP contribution in [0.1, 0.15) is 156 Å². The lowest BCUT2D eigenvalue weighted by atomic mass is 9.99. The zero-order chi connectivity index (χ0) is 25.3. The van der Waals surface area contributed by atoms with Crippen molar-refractivity contribution in [1.29, 1.82) is 0 Å². The molecule has 0 aliphatic heterocycles. The molecule has 1 amide bonds. The molecule has 0 aromatic rings. The van der Waals surface area contributed by atoms with Crippen molar-refractivity contribution >= 4 is 11.9 Å². The maximum absolute atomic E-state index is 12.0. The number of allylic oxidation sites excluding steroid dienone is 2. The summed E-state index contributed by atoms with van der Waals surface area (Å²) >= 11 is 0. The monoisotopic (exact) mass is 479 g/mol. The number of hydrogen-bond acceptors (Lipinski definition) is 2. The highest BCUT2D eigenvalue weighted by atomic mass is 16.4. The summed E-state index contributed by atoms with van der Waals surface area (Å²) < 4.78 is 0. The van der Waals surface area contributed by atoms with Gasteiger partial charge in [-0.3, -0.25) is 4.79 Å². The Balaban J connectivity index is 3.37. The summed E-state index contributed by atoms with van der Waals surface area (Å²) in [6, 6.07) is -0.760. The van der Waals surface area contributed by atoms with Crippen LogP contribution in [0.4, 0.5) is 0 Å². The fraction of sp³-hybridized carbons (Fsp3) is 0.867. The predicted octanol–water partition coefficient (Wildman–Crippen LogP) is 8.98. The molecule has 0 aromatic carbocycles. The average Bonchev–Trinajstić information content (AvgIpc) is 2.82. The summed E-state index contributed by atoms with van der Waals surface area (Å²) in [6.45, 7) is 6.09. The third-order valence-corrected chi connectivity index (χ3v) is 6.96. The second kappa shape index (κ2) is 24.8. The lowest BCUT2D eigenvalue weighted by Crippen LogP contribution is -2.44. The van der Waals surface area contributed by atoms with Crippen LogP contribution in [-0.2, 0) is 9.59 Å². The summed E-state index contributed by atoms with van der Waals surface area (Å²) in [5, 5.41) is 11.9. The summed E-state index contributed by atoms with van der Waals surface area (Å²) in [4.78, 5) is 23.3. The first-order valence-electron chi connectivity index (χ1n) is 14.7. The Morgan fingerprint density at radius 2 is 1.09 bits per heavy atom. The molecule has 2 unspecified atom stereocenters. The fourth-order valence-electron chi connectivity index (χ4n) is 4.35. The molecule has 0 fully saturated rings. The summed E-state index contributed by atoms with van der Waals surface area (Å²) in [7, 11) is 0. The van der Waals surface area contributed by atoms with Gasteiger partial charge < -0.3 is 10.4 Å². The summed E-state index contributed by atoms with van der Waals surface area (Å²) in [6.07, 6.45) is 30.5. The third kappa shape index (κ3) is 21.2. The molecule has 4 nitrogen and oxygen atoms in total. The number of unbranched alkanes of at least 4 members (excludes halogenated alkanes) is 17. The first-order chi connectivity index (χ1) is 16.5. The van der Waals surface area contributed by atoms with Crippen molar-refractivity contribution in [2.45, 2.75) is 162 Å². The van der Waals surface area contributed by atoms with E-state index in [2.05, 4.69) is 24.4 Å². The minimum Gasteiger partial charge on any atom is -0.480 e. The second-order valence-electron chi connectivity index (χ2n) is 10.2. The number of aliphatic carboxylic acids is 1. The van der Waals surface area contributed by atoms with Gasteiger partial charge in [0.15, 0.2) is 0 Å². The molecule has 200 valence electrons. The largest absolute Gasteiger partial charge is 0.480 e. The Hall–Kier alpha value is -1.32. The zero-order valence-electron chi connectivity index (χ0n) is 22.9. The normalized spacial score (nSPS) is 13.3. The molecule has 0 radical (unpaired) electrons. The van der Waals surface area contributed by atoms with Crippen molar-refractivity contribution in [3.05, 3.63) is 12.2 Å². The Labute approximate surface area is 211 Å². The highest BCUT2D eigenvalue weighted by Gasteiger charge is 2.24. The van der Waals surface area contributed by atoms with Gasteiger partial charge >= 0.3 is 5.97 Å². The van der Waals surface area contributed by atoms with Gasteiger partial charge in [0.1, 0.15) is 6.04 Å². The molecule has 0 saturated heterocycles. The molecular weight excluding hydrogens is 422 g/mol. The topological polar surface area (TPSA) is 66.4 Å². The van der Waals surface area contributed by atoms with Crippen LogP contribution in [0.5, 0.6) is 0 Å². The van der Waals surface area contributed by atoms with E-state index in [0.717, 1.165) is 19.3 Å². The van der Waals surface area contributed by atoms with Gasteiger partial charge in [-0.25, -0.2) is 4.79 Å². The molecule has 0 rings (SSSR count). The van der Waals surface area contributed by atoms with E-state index in [-0.39, 0.29) is 11.8 Å². The minimum atomic E-state index is -0.932. The number of hydrogen-bond donors (Lipinski definition) is 2. The standard InChI is InChI=1S/C30H57NO3/c1-4-6-7-8-9-10-11-12-13-14-15-16-17-18-19-20-21-22-23-24-25-26-28(32)31-29(30(33)34)27(3)5-2/h12-13,27,29H,4-11,14-26H2,1-3H3,(H,31,32)(H,33,34)/b13-12+. The van der Waals surface area contributed by atoms with E-state index in [4.69, 9.17) is 0 Å². The Bertz CT molecular complexity index is 503. The van der Waals surface area contributed by atoms with E-state index in [1.165, 1.54) is 109 Å². The molecule has 0 bridgehead atoms. The minimum absolute atomic E-state index is 0.0435. The van der Waals surface area contributed by atoms with Gasteiger partial charge in [0.25, 0.3) is 0 Å². The van der Waals surface area contributed by atoms with Gasteiger partial charge in [0.2, 0.25) is 5.91 Å². The number of nitrogens with one attached hydrogen (secondary N) is 1. The molecule has 0 saturated carbocycles. The van der Waals surface area contributed by atoms with Crippen LogP contribution < -0.4 is 5.32 Å². The van der Waals surface area contributed by atoms with Crippen LogP contribution in [0, 0.1) is 5.92 Å². The quantitative estimate of drug-likeness (QED) is 0.101. The van der Waals surface area contributed by atoms with E-state index < -0.39 is 12.0 Å². The average molecular weight is 480 g/mol. The molecule has 0 spiro atoms. The molecule has 0 aliphatic carbocycles. The number of carboxylic acid groups (broad SMARTS) is 1. The maximum Gasteiger partial charge on any atom is 0.326 e. The van der Waals surface area contributed by atoms with E-state index in [0.29, 0.717) is 6.42 Å². The molecule has 2 N–H and O–H groups in total. The SMILES string of the molecule is CCCCCCCC/C=C/CCCCCCCCCCCCCC(=O)NC(C(=O)O)C(C)CC. The van der Waals surface area contributed by atoms with Crippen LogP contribution >= 0.6 is 0 Å². The van der Waals surface area contributed by atoms with Gasteiger partial charge in [0.05, 0.1) is 0 Å². The number of carbonyl (C=O) groups excluding carboxylic acids is 1.